The van der Waals surface area contributed by atoms with Gasteiger partial charge >= 0.3 is 0 Å². The van der Waals surface area contributed by atoms with Crippen LogP contribution in [-0.2, 0) is 32.1 Å². The molecule has 0 saturated carbocycles. The second-order valence-electron chi connectivity index (χ2n) is 5.85. The zero-order valence-electron chi connectivity index (χ0n) is 14.1. The van der Waals surface area contributed by atoms with Crippen molar-refractivity contribution in [3.8, 4) is 0 Å². The highest BCUT2D eigenvalue weighted by Gasteiger charge is 2.46. The van der Waals surface area contributed by atoms with Crippen molar-refractivity contribution < 1.29 is 28.1 Å². The number of aromatic nitrogens is 2. The maximum absolute atomic E-state index is 12.6. The van der Waals surface area contributed by atoms with Gasteiger partial charge in [-0.05, 0) is 13.8 Å². The Balaban J connectivity index is 1.79. The molecule has 2 aromatic heterocycles. The van der Waals surface area contributed by atoms with Gasteiger partial charge in [-0.15, -0.1) is 10.3 Å². The summed E-state index contributed by atoms with van der Waals surface area (Å²) in [6, 6.07) is 0. The van der Waals surface area contributed by atoms with Gasteiger partial charge in [-0.25, -0.2) is 14.8 Å². The number of carbonyl (C=O) groups is 3. The minimum Gasteiger partial charge on any atom is -0.449 e. The largest absolute Gasteiger partial charge is 0.449 e. The predicted molar refractivity (Wildman–Crippen MR) is 84.4 cm³/mol. The Morgan fingerprint density at radius 2 is 1.81 bits per heavy atom. The quantitative estimate of drug-likeness (QED) is 0.522. The monoisotopic (exact) mass is 360 g/mol. The van der Waals surface area contributed by atoms with E-state index in [0.29, 0.717) is 6.29 Å². The number of ketones is 1. The van der Waals surface area contributed by atoms with Crippen LogP contribution in [-0.4, -0.2) is 44.9 Å². The lowest BCUT2D eigenvalue weighted by Gasteiger charge is -2.21. The second-order valence-corrected chi connectivity index (χ2v) is 5.85. The van der Waals surface area contributed by atoms with E-state index in [0.717, 1.165) is 5.17 Å². The molecule has 2 atom stereocenters. The van der Waals surface area contributed by atoms with Gasteiger partial charge in [0.05, 0.1) is 24.5 Å². The number of aldehydes is 1. The van der Waals surface area contributed by atoms with Gasteiger partial charge in [0.25, 0.3) is 5.91 Å². The molecule has 0 N–H and O–H groups in total. The van der Waals surface area contributed by atoms with Gasteiger partial charge in [0, 0.05) is 0 Å². The van der Waals surface area contributed by atoms with Crippen LogP contribution in [0.4, 0.5) is 0 Å². The van der Waals surface area contributed by atoms with Gasteiger partial charge in [0.15, 0.2) is 5.78 Å². The molecule has 136 valence electrons. The lowest BCUT2D eigenvalue weighted by Crippen LogP contribution is -2.43. The van der Waals surface area contributed by atoms with Crippen molar-refractivity contribution in [1.29, 1.82) is 0 Å². The third-order valence-electron chi connectivity index (χ3n) is 3.98. The van der Waals surface area contributed by atoms with Crippen molar-refractivity contribution >= 4 is 23.7 Å². The van der Waals surface area contributed by atoms with Crippen molar-refractivity contribution in [2.45, 2.75) is 32.8 Å². The first-order chi connectivity index (χ1) is 12.4. The summed E-state index contributed by atoms with van der Waals surface area (Å²) in [5.74, 6) is -0.617. The maximum Gasteiger partial charge on any atom is 0.278 e. The summed E-state index contributed by atoms with van der Waals surface area (Å²) >= 11 is 0. The summed E-state index contributed by atoms with van der Waals surface area (Å²) in [5, 5.41) is 4.80. The van der Waals surface area contributed by atoms with E-state index in [1.54, 1.807) is 6.92 Å². The smallest absolute Gasteiger partial charge is 0.278 e. The molecular weight excluding hydrogens is 344 g/mol. The lowest BCUT2D eigenvalue weighted by molar-refractivity contribution is -0.184. The third kappa shape index (κ3) is 3.31. The molecule has 0 saturated heterocycles. The van der Waals surface area contributed by atoms with E-state index in [2.05, 4.69) is 15.1 Å². The Hall–Kier alpha value is -3.14. The maximum atomic E-state index is 12.6. The molecule has 10 nitrogen and oxygen atoms in total. The molecule has 2 unspecified atom stereocenters. The third-order valence-corrected chi connectivity index (χ3v) is 3.98. The molecule has 3 heterocycles. The van der Waals surface area contributed by atoms with E-state index in [9.17, 15) is 14.4 Å². The summed E-state index contributed by atoms with van der Waals surface area (Å²) in [4.78, 5) is 49.7. The number of oxazole rings is 2. The molecule has 1 amide bonds. The van der Waals surface area contributed by atoms with Crippen molar-refractivity contribution in [3.05, 3.63) is 36.7 Å². The van der Waals surface area contributed by atoms with Crippen LogP contribution in [0, 0.1) is 5.41 Å². The minimum atomic E-state index is -1.58. The van der Waals surface area contributed by atoms with Gasteiger partial charge in [-0.1, -0.05) is 0 Å². The Bertz CT molecular complexity index is 829. The van der Waals surface area contributed by atoms with Crippen LogP contribution < -0.4 is 0 Å². The summed E-state index contributed by atoms with van der Waals surface area (Å²) in [6.07, 6.45) is 4.89. The summed E-state index contributed by atoms with van der Waals surface area (Å²) in [7, 11) is 0. The number of amides is 1. The molecule has 1 aliphatic rings. The average Bonchev–Trinajstić information content (AvgIpc) is 3.36. The fourth-order valence-corrected chi connectivity index (χ4v) is 2.51. The number of carbonyl (C=O) groups excluding carboxylic acids is 3. The number of hydrogen-bond acceptors (Lipinski definition) is 9. The number of nitrogens with zero attached hydrogens (tertiary/aromatic N) is 4. The Morgan fingerprint density at radius 3 is 2.35 bits per heavy atom. The highest BCUT2D eigenvalue weighted by molar-refractivity contribution is 6.22. The molecule has 26 heavy (non-hydrogen) atoms. The van der Waals surface area contributed by atoms with Crippen LogP contribution in [0.3, 0.4) is 0 Å². The number of hydrogen-bond donors (Lipinski definition) is 0. The highest BCUT2D eigenvalue weighted by atomic mass is 16.7. The van der Waals surface area contributed by atoms with Gasteiger partial charge in [-0.3, -0.25) is 9.59 Å². The fourth-order valence-electron chi connectivity index (χ4n) is 2.51. The zero-order valence-corrected chi connectivity index (χ0v) is 14.1. The molecule has 0 aromatic carbocycles. The first-order valence-corrected chi connectivity index (χ1v) is 7.79. The topological polar surface area (TPSA) is 128 Å². The van der Waals surface area contributed by atoms with Gasteiger partial charge in [0.2, 0.25) is 11.8 Å². The van der Waals surface area contributed by atoms with Crippen LogP contribution in [0.2, 0.25) is 0 Å². The van der Waals surface area contributed by atoms with Crippen molar-refractivity contribution in [3.63, 3.8) is 0 Å². The van der Waals surface area contributed by atoms with E-state index in [1.807, 2.05) is 0 Å². The number of Topliss-reactive ketones (excluding diaryl/α,β-unsaturated/α-hetero) is 1. The molecular formula is C16H16N4O6. The van der Waals surface area contributed by atoms with Crippen molar-refractivity contribution in [1.82, 2.24) is 15.1 Å². The van der Waals surface area contributed by atoms with E-state index in [-0.39, 0.29) is 30.3 Å². The number of rotatable bonds is 7. The average molecular weight is 360 g/mol. The van der Waals surface area contributed by atoms with Crippen LogP contribution in [0.5, 0.6) is 0 Å². The van der Waals surface area contributed by atoms with Crippen LogP contribution >= 0.6 is 0 Å². The van der Waals surface area contributed by atoms with E-state index >= 15 is 0 Å². The second kappa shape index (κ2) is 7.00. The normalized spacial score (nSPS) is 19.1. The molecule has 0 spiro atoms. The van der Waals surface area contributed by atoms with E-state index in [4.69, 9.17) is 13.7 Å². The van der Waals surface area contributed by atoms with Crippen molar-refractivity contribution in [2.75, 3.05) is 0 Å². The minimum absolute atomic E-state index is 0.129. The van der Waals surface area contributed by atoms with E-state index in [1.165, 1.54) is 31.8 Å². The first-order valence-electron chi connectivity index (χ1n) is 7.79. The summed E-state index contributed by atoms with van der Waals surface area (Å²) < 4.78 is 10.1. The Labute approximate surface area is 147 Å². The SMILES string of the molecule is CC1ON(C(=O)Cc2ncco2)N=C1C(C)(C=O)C(=O)Cc1ncco1. The Morgan fingerprint density at radius 1 is 1.19 bits per heavy atom. The molecule has 2 aromatic rings. The Kier molecular flexibility index (Phi) is 4.76. The molecule has 0 fully saturated rings. The molecule has 1 aliphatic heterocycles. The predicted octanol–water partition coefficient (Wildman–Crippen LogP) is 0.740. The van der Waals surface area contributed by atoms with Gasteiger partial charge in [-0.2, -0.15) is 0 Å². The van der Waals surface area contributed by atoms with Gasteiger partial charge in [0.1, 0.15) is 36.8 Å². The fraction of sp³-hybridized carbons (Fsp3) is 0.375. The van der Waals surface area contributed by atoms with Crippen LogP contribution in [0.25, 0.3) is 0 Å². The molecule has 10 heteroatoms. The molecule has 0 radical (unpaired) electrons. The van der Waals surface area contributed by atoms with Crippen LogP contribution in [0.15, 0.2) is 38.9 Å². The van der Waals surface area contributed by atoms with E-state index < -0.39 is 23.2 Å². The number of hydroxylamine groups is 1. The first kappa shape index (κ1) is 17.7. The zero-order chi connectivity index (χ0) is 18.7. The van der Waals surface area contributed by atoms with Gasteiger partial charge < -0.3 is 13.6 Å². The summed E-state index contributed by atoms with van der Waals surface area (Å²) in [5.41, 5.74) is -1.45. The lowest BCUT2D eigenvalue weighted by atomic mass is 9.79. The standard InChI is InChI=1S/C16H16N4O6/c1-10-15(16(2,9-21)11(22)7-12-17-3-5-24-12)19-20(26-10)14(23)8-13-18-4-6-25-13/h3-6,9-10H,7-8H2,1-2H3. The number of hydrazone groups is 1. The molecule has 3 rings (SSSR count). The van der Waals surface area contributed by atoms with Crippen molar-refractivity contribution in [2.24, 2.45) is 10.5 Å². The summed E-state index contributed by atoms with van der Waals surface area (Å²) in [6.45, 7) is 3.02. The highest BCUT2D eigenvalue weighted by Crippen LogP contribution is 2.28. The molecule has 0 aliphatic carbocycles. The molecule has 0 bridgehead atoms. The van der Waals surface area contributed by atoms with Crippen LogP contribution in [0.1, 0.15) is 25.6 Å².